The highest BCUT2D eigenvalue weighted by Crippen LogP contribution is 2.26. The Kier molecular flexibility index (Phi) is 5.43. The molecule has 4 nitrogen and oxygen atoms in total. The van der Waals surface area contributed by atoms with Gasteiger partial charge in [0.15, 0.2) is 0 Å². The first kappa shape index (κ1) is 17.4. The van der Waals surface area contributed by atoms with Gasteiger partial charge in [-0.15, -0.1) is 11.3 Å². The average molecular weight is 371 g/mol. The Hall–Kier alpha value is -2.02. The maximum Gasteiger partial charge on any atom is 0.123 e. The Labute approximate surface area is 156 Å². The minimum absolute atomic E-state index is 0.224. The lowest BCUT2D eigenvalue weighted by atomic mass is 10.2. The van der Waals surface area contributed by atoms with Crippen LogP contribution in [0.2, 0.25) is 0 Å². The van der Waals surface area contributed by atoms with E-state index in [-0.39, 0.29) is 11.9 Å². The third-order valence-electron chi connectivity index (χ3n) is 4.74. The first-order valence-corrected chi connectivity index (χ1v) is 9.86. The molecule has 1 saturated heterocycles. The summed E-state index contributed by atoms with van der Waals surface area (Å²) in [6.45, 7) is 3.79. The number of halogens is 1. The number of hydrogen-bond donors (Lipinski definition) is 1. The van der Waals surface area contributed by atoms with Gasteiger partial charge in [0, 0.05) is 24.0 Å². The first-order valence-electron chi connectivity index (χ1n) is 8.98. The highest BCUT2D eigenvalue weighted by molar-refractivity contribution is 7.13. The van der Waals surface area contributed by atoms with Crippen LogP contribution in [0.15, 0.2) is 52.5 Å². The van der Waals surface area contributed by atoms with Crippen molar-refractivity contribution in [3.8, 4) is 10.6 Å². The lowest BCUT2D eigenvalue weighted by Gasteiger charge is -2.26. The van der Waals surface area contributed by atoms with Gasteiger partial charge in [-0.3, -0.25) is 4.90 Å². The summed E-state index contributed by atoms with van der Waals surface area (Å²) in [7, 11) is 0. The van der Waals surface area contributed by atoms with Gasteiger partial charge in [0.1, 0.15) is 16.6 Å². The van der Waals surface area contributed by atoms with Crippen molar-refractivity contribution in [1.29, 1.82) is 0 Å². The standard InChI is InChI=1S/C20H22FN3OS/c21-16-7-5-15(6-8-16)20-23-17(14-26-20)12-22-13-18(19-4-3-11-25-19)24-9-1-2-10-24/h3-8,11,14,18,22H,1-2,9-10,12-13H2. The van der Waals surface area contributed by atoms with Crippen LogP contribution in [0.1, 0.15) is 30.3 Å². The molecule has 1 aromatic carbocycles. The summed E-state index contributed by atoms with van der Waals surface area (Å²) in [6, 6.07) is 10.8. The van der Waals surface area contributed by atoms with E-state index in [0.717, 1.165) is 41.7 Å². The molecule has 4 rings (SSSR count). The molecule has 1 unspecified atom stereocenters. The summed E-state index contributed by atoms with van der Waals surface area (Å²) in [6.07, 6.45) is 4.25. The van der Waals surface area contributed by atoms with Crippen molar-refractivity contribution in [2.45, 2.75) is 25.4 Å². The van der Waals surface area contributed by atoms with Gasteiger partial charge in [0.2, 0.25) is 0 Å². The summed E-state index contributed by atoms with van der Waals surface area (Å²) >= 11 is 1.59. The van der Waals surface area contributed by atoms with E-state index in [1.165, 1.54) is 25.0 Å². The van der Waals surface area contributed by atoms with Crippen molar-refractivity contribution in [3.63, 3.8) is 0 Å². The maximum atomic E-state index is 13.1. The molecule has 0 saturated carbocycles. The van der Waals surface area contributed by atoms with Crippen LogP contribution in [0, 0.1) is 5.82 Å². The summed E-state index contributed by atoms with van der Waals surface area (Å²) in [5.74, 6) is 0.794. The van der Waals surface area contributed by atoms with Crippen molar-refractivity contribution in [2.24, 2.45) is 0 Å². The number of likely N-dealkylation sites (tertiary alicyclic amines) is 1. The third-order valence-corrected chi connectivity index (χ3v) is 5.68. The molecule has 3 aromatic rings. The number of thiazole rings is 1. The van der Waals surface area contributed by atoms with Crippen LogP contribution in [0.4, 0.5) is 4.39 Å². The van der Waals surface area contributed by atoms with Gasteiger partial charge in [-0.2, -0.15) is 0 Å². The largest absolute Gasteiger partial charge is 0.468 e. The zero-order valence-electron chi connectivity index (χ0n) is 14.5. The van der Waals surface area contributed by atoms with Gasteiger partial charge in [0.05, 0.1) is 18.0 Å². The van der Waals surface area contributed by atoms with Crippen LogP contribution in [0.3, 0.4) is 0 Å². The van der Waals surface area contributed by atoms with Gasteiger partial charge in [-0.1, -0.05) is 0 Å². The summed E-state index contributed by atoms with van der Waals surface area (Å²) < 4.78 is 18.7. The molecule has 2 aromatic heterocycles. The molecule has 1 atom stereocenters. The molecule has 0 radical (unpaired) electrons. The molecule has 1 aliphatic heterocycles. The predicted molar refractivity (Wildman–Crippen MR) is 101 cm³/mol. The number of benzene rings is 1. The molecule has 0 amide bonds. The second-order valence-electron chi connectivity index (χ2n) is 6.56. The number of furan rings is 1. The summed E-state index contributed by atoms with van der Waals surface area (Å²) in [5.41, 5.74) is 1.96. The Bertz CT molecular complexity index is 810. The van der Waals surface area contributed by atoms with E-state index in [9.17, 15) is 4.39 Å². The molecular weight excluding hydrogens is 349 g/mol. The lowest BCUT2D eigenvalue weighted by Crippen LogP contribution is -2.33. The highest BCUT2D eigenvalue weighted by Gasteiger charge is 2.25. The molecule has 1 aliphatic rings. The highest BCUT2D eigenvalue weighted by atomic mass is 32.1. The SMILES string of the molecule is Fc1ccc(-c2nc(CNCC(c3ccco3)N3CCCC3)cs2)cc1. The zero-order chi connectivity index (χ0) is 17.8. The van der Waals surface area contributed by atoms with Gasteiger partial charge >= 0.3 is 0 Å². The third kappa shape index (κ3) is 4.03. The second kappa shape index (κ2) is 8.12. The van der Waals surface area contributed by atoms with Crippen LogP contribution in [0.25, 0.3) is 10.6 Å². The fourth-order valence-electron chi connectivity index (χ4n) is 3.39. The first-order chi connectivity index (χ1) is 12.8. The van der Waals surface area contributed by atoms with Crippen LogP contribution in [0.5, 0.6) is 0 Å². The van der Waals surface area contributed by atoms with Gasteiger partial charge in [-0.05, 0) is 62.3 Å². The summed E-state index contributed by atoms with van der Waals surface area (Å²) in [4.78, 5) is 7.15. The Balaban J connectivity index is 1.37. The van der Waals surface area contributed by atoms with E-state index in [2.05, 4.69) is 26.6 Å². The fourth-order valence-corrected chi connectivity index (χ4v) is 4.22. The molecule has 26 heavy (non-hydrogen) atoms. The monoisotopic (exact) mass is 371 g/mol. The van der Waals surface area contributed by atoms with Crippen molar-refractivity contribution < 1.29 is 8.81 Å². The summed E-state index contributed by atoms with van der Waals surface area (Å²) in [5, 5.41) is 6.50. The van der Waals surface area contributed by atoms with Gasteiger partial charge < -0.3 is 9.73 Å². The number of nitrogens with zero attached hydrogens (tertiary/aromatic N) is 2. The minimum Gasteiger partial charge on any atom is -0.468 e. The molecule has 1 fully saturated rings. The molecule has 136 valence electrons. The number of rotatable bonds is 7. The molecule has 1 N–H and O–H groups in total. The quantitative estimate of drug-likeness (QED) is 0.665. The second-order valence-corrected chi connectivity index (χ2v) is 7.41. The van der Waals surface area contributed by atoms with E-state index < -0.39 is 0 Å². The Morgan fingerprint density at radius 2 is 2.00 bits per heavy atom. The normalized spacial score (nSPS) is 16.2. The van der Waals surface area contributed by atoms with Crippen LogP contribution in [-0.2, 0) is 6.54 Å². The number of hydrogen-bond acceptors (Lipinski definition) is 5. The van der Waals surface area contributed by atoms with E-state index in [1.54, 1.807) is 29.7 Å². The van der Waals surface area contributed by atoms with Crippen LogP contribution < -0.4 is 5.32 Å². The molecular formula is C20H22FN3OS. The predicted octanol–water partition coefficient (Wildman–Crippen LogP) is 4.47. The Morgan fingerprint density at radius 1 is 1.19 bits per heavy atom. The van der Waals surface area contributed by atoms with E-state index in [0.29, 0.717) is 6.54 Å². The van der Waals surface area contributed by atoms with Gasteiger partial charge in [-0.25, -0.2) is 9.37 Å². The van der Waals surface area contributed by atoms with E-state index >= 15 is 0 Å². The maximum absolute atomic E-state index is 13.1. The molecule has 3 heterocycles. The molecule has 0 aliphatic carbocycles. The smallest absolute Gasteiger partial charge is 0.123 e. The van der Waals surface area contributed by atoms with Gasteiger partial charge in [0.25, 0.3) is 0 Å². The molecule has 0 spiro atoms. The van der Waals surface area contributed by atoms with Crippen molar-refractivity contribution >= 4 is 11.3 Å². The minimum atomic E-state index is -0.224. The van der Waals surface area contributed by atoms with Crippen molar-refractivity contribution in [2.75, 3.05) is 19.6 Å². The van der Waals surface area contributed by atoms with Crippen LogP contribution in [-0.4, -0.2) is 29.5 Å². The zero-order valence-corrected chi connectivity index (χ0v) is 15.3. The van der Waals surface area contributed by atoms with Crippen LogP contribution >= 0.6 is 11.3 Å². The van der Waals surface area contributed by atoms with E-state index in [4.69, 9.17) is 4.42 Å². The van der Waals surface area contributed by atoms with Crippen molar-refractivity contribution in [1.82, 2.24) is 15.2 Å². The lowest BCUT2D eigenvalue weighted by molar-refractivity contribution is 0.209. The van der Waals surface area contributed by atoms with E-state index in [1.807, 2.05) is 6.07 Å². The average Bonchev–Trinajstić information content (AvgIpc) is 3.41. The fraction of sp³-hybridized carbons (Fsp3) is 0.350. The number of aromatic nitrogens is 1. The van der Waals surface area contributed by atoms with Crippen molar-refractivity contribution in [3.05, 3.63) is 65.3 Å². The molecule has 6 heteroatoms. The Morgan fingerprint density at radius 3 is 2.73 bits per heavy atom. The molecule has 0 bridgehead atoms. The topological polar surface area (TPSA) is 41.3 Å². The number of nitrogens with one attached hydrogen (secondary N) is 1.